The third-order valence-corrected chi connectivity index (χ3v) is 2.17. The molecule has 0 saturated heterocycles. The molecule has 5 heteroatoms. The molecule has 0 atom stereocenters. The van der Waals surface area contributed by atoms with Gasteiger partial charge in [-0.2, -0.15) is 0 Å². The van der Waals surface area contributed by atoms with Crippen LogP contribution in [0.4, 0.5) is 4.39 Å². The number of halogens is 1. The Balaban J connectivity index is 2.83. The summed E-state index contributed by atoms with van der Waals surface area (Å²) in [5.74, 6) is -1.22. The van der Waals surface area contributed by atoms with Gasteiger partial charge in [0.2, 0.25) is 0 Å². The fraction of sp³-hybridized carbons (Fsp3) is 0.364. The molecular weight excluding hydrogens is 213 g/mol. The van der Waals surface area contributed by atoms with Crippen molar-refractivity contribution in [3.05, 3.63) is 29.6 Å². The topological polar surface area (TPSA) is 49.8 Å². The normalized spacial score (nSPS) is 10.2. The van der Waals surface area contributed by atoms with E-state index in [4.69, 9.17) is 4.74 Å². The van der Waals surface area contributed by atoms with Crippen LogP contribution in [0.15, 0.2) is 18.2 Å². The van der Waals surface area contributed by atoms with Gasteiger partial charge in [-0.3, -0.25) is 4.79 Å². The lowest BCUT2D eigenvalue weighted by molar-refractivity contribution is 0.0741. The quantitative estimate of drug-likeness (QED) is 0.842. The Labute approximate surface area is 93.3 Å². The van der Waals surface area contributed by atoms with Gasteiger partial charge in [0, 0.05) is 20.7 Å². The van der Waals surface area contributed by atoms with Crippen LogP contribution in [-0.2, 0) is 4.74 Å². The van der Waals surface area contributed by atoms with E-state index in [2.05, 4.69) is 0 Å². The summed E-state index contributed by atoms with van der Waals surface area (Å²) in [6.45, 7) is 0.767. The molecule has 4 nitrogen and oxygen atoms in total. The van der Waals surface area contributed by atoms with E-state index in [0.29, 0.717) is 13.2 Å². The van der Waals surface area contributed by atoms with Crippen molar-refractivity contribution in [1.29, 1.82) is 0 Å². The zero-order valence-electron chi connectivity index (χ0n) is 9.24. The molecule has 1 N–H and O–H groups in total. The smallest absolute Gasteiger partial charge is 0.257 e. The zero-order valence-corrected chi connectivity index (χ0v) is 9.24. The summed E-state index contributed by atoms with van der Waals surface area (Å²) in [7, 11) is 3.09. The maximum absolute atomic E-state index is 12.9. The van der Waals surface area contributed by atoms with Crippen molar-refractivity contribution in [2.24, 2.45) is 0 Å². The number of carbonyl (C=O) groups excluding carboxylic acids is 1. The Bertz CT molecular complexity index is 381. The van der Waals surface area contributed by atoms with Crippen LogP contribution >= 0.6 is 0 Å². The highest BCUT2D eigenvalue weighted by atomic mass is 19.1. The van der Waals surface area contributed by atoms with E-state index in [-0.39, 0.29) is 11.3 Å². The van der Waals surface area contributed by atoms with E-state index in [0.717, 1.165) is 18.2 Å². The summed E-state index contributed by atoms with van der Waals surface area (Å²) in [6.07, 6.45) is 0. The van der Waals surface area contributed by atoms with E-state index >= 15 is 0 Å². The Morgan fingerprint density at radius 1 is 1.56 bits per heavy atom. The molecule has 0 aromatic heterocycles. The van der Waals surface area contributed by atoms with Gasteiger partial charge in [-0.05, 0) is 18.2 Å². The minimum Gasteiger partial charge on any atom is -0.507 e. The summed E-state index contributed by atoms with van der Waals surface area (Å²) < 4.78 is 17.7. The number of aromatic hydroxyl groups is 1. The van der Waals surface area contributed by atoms with Crippen LogP contribution in [0.5, 0.6) is 5.75 Å². The average Bonchev–Trinajstić information content (AvgIpc) is 2.28. The van der Waals surface area contributed by atoms with E-state index in [1.807, 2.05) is 0 Å². The van der Waals surface area contributed by atoms with Gasteiger partial charge in [0.1, 0.15) is 11.6 Å². The molecule has 0 unspecified atom stereocenters. The average molecular weight is 227 g/mol. The SMILES string of the molecule is COCCN(C)C(=O)c1cc(F)ccc1O. The van der Waals surface area contributed by atoms with Gasteiger partial charge in [-0.1, -0.05) is 0 Å². The summed E-state index contributed by atoms with van der Waals surface area (Å²) in [5, 5.41) is 9.43. The van der Waals surface area contributed by atoms with Gasteiger partial charge in [0.25, 0.3) is 5.91 Å². The maximum Gasteiger partial charge on any atom is 0.257 e. The lowest BCUT2D eigenvalue weighted by atomic mass is 10.1. The molecular formula is C11H14FNO3. The first-order chi connectivity index (χ1) is 7.56. The van der Waals surface area contributed by atoms with Gasteiger partial charge in [-0.15, -0.1) is 0 Å². The van der Waals surface area contributed by atoms with E-state index in [9.17, 15) is 14.3 Å². The first-order valence-corrected chi connectivity index (χ1v) is 4.79. The van der Waals surface area contributed by atoms with E-state index in [1.165, 1.54) is 12.0 Å². The van der Waals surface area contributed by atoms with Crippen molar-refractivity contribution < 1.29 is 19.0 Å². The van der Waals surface area contributed by atoms with Crippen molar-refractivity contribution in [1.82, 2.24) is 4.90 Å². The molecule has 0 saturated carbocycles. The molecule has 1 rings (SSSR count). The van der Waals surface area contributed by atoms with E-state index in [1.54, 1.807) is 7.05 Å². The lowest BCUT2D eigenvalue weighted by Crippen LogP contribution is -2.30. The van der Waals surface area contributed by atoms with Gasteiger partial charge in [-0.25, -0.2) is 4.39 Å². The Hall–Kier alpha value is -1.62. The summed E-state index contributed by atoms with van der Waals surface area (Å²) in [5.41, 5.74) is -0.0430. The summed E-state index contributed by atoms with van der Waals surface area (Å²) in [4.78, 5) is 13.1. The van der Waals surface area contributed by atoms with Crippen LogP contribution in [0.1, 0.15) is 10.4 Å². The van der Waals surface area contributed by atoms with E-state index < -0.39 is 11.7 Å². The van der Waals surface area contributed by atoms with Gasteiger partial charge >= 0.3 is 0 Å². The molecule has 0 aliphatic carbocycles. The predicted octanol–water partition coefficient (Wildman–Crippen LogP) is 1.25. The lowest BCUT2D eigenvalue weighted by Gasteiger charge is -2.17. The highest BCUT2D eigenvalue weighted by molar-refractivity contribution is 5.96. The van der Waals surface area contributed by atoms with Crippen molar-refractivity contribution in [2.75, 3.05) is 27.3 Å². The molecule has 1 aromatic carbocycles. The first-order valence-electron chi connectivity index (χ1n) is 4.79. The van der Waals surface area contributed by atoms with Crippen LogP contribution in [0, 0.1) is 5.82 Å². The number of amides is 1. The monoisotopic (exact) mass is 227 g/mol. The van der Waals surface area contributed by atoms with Crippen LogP contribution in [0.2, 0.25) is 0 Å². The number of benzene rings is 1. The number of ether oxygens (including phenoxy) is 1. The largest absolute Gasteiger partial charge is 0.507 e. The first kappa shape index (κ1) is 12.4. The Morgan fingerprint density at radius 3 is 2.88 bits per heavy atom. The van der Waals surface area contributed by atoms with Crippen LogP contribution in [-0.4, -0.2) is 43.2 Å². The second-order valence-electron chi connectivity index (χ2n) is 3.38. The van der Waals surface area contributed by atoms with Crippen LogP contribution < -0.4 is 0 Å². The van der Waals surface area contributed by atoms with Crippen molar-refractivity contribution in [3.63, 3.8) is 0 Å². The molecule has 16 heavy (non-hydrogen) atoms. The zero-order chi connectivity index (χ0) is 12.1. The summed E-state index contributed by atoms with van der Waals surface area (Å²) >= 11 is 0. The molecule has 1 aromatic rings. The molecule has 0 aliphatic heterocycles. The molecule has 0 spiro atoms. The number of methoxy groups -OCH3 is 1. The maximum atomic E-state index is 12.9. The fourth-order valence-electron chi connectivity index (χ4n) is 1.21. The number of phenolic OH excluding ortho intramolecular Hbond substituents is 1. The molecule has 0 radical (unpaired) electrons. The van der Waals surface area contributed by atoms with Crippen molar-refractivity contribution >= 4 is 5.91 Å². The standard InChI is InChI=1S/C11H14FNO3/c1-13(5-6-16-2)11(15)9-7-8(12)3-4-10(9)14/h3-4,7,14H,5-6H2,1-2H3. The third kappa shape index (κ3) is 2.93. The minimum absolute atomic E-state index is 0.0430. The Kier molecular flexibility index (Phi) is 4.25. The number of nitrogens with zero attached hydrogens (tertiary/aromatic N) is 1. The number of carbonyl (C=O) groups is 1. The van der Waals surface area contributed by atoms with Gasteiger partial charge in [0.15, 0.2) is 0 Å². The summed E-state index contributed by atoms with van der Waals surface area (Å²) in [6, 6.07) is 3.27. The number of likely N-dealkylation sites (N-methyl/N-ethyl adjacent to an activating group) is 1. The van der Waals surface area contributed by atoms with Crippen molar-refractivity contribution in [3.8, 4) is 5.75 Å². The van der Waals surface area contributed by atoms with Gasteiger partial charge < -0.3 is 14.7 Å². The molecule has 88 valence electrons. The third-order valence-electron chi connectivity index (χ3n) is 2.17. The number of hydrogen-bond acceptors (Lipinski definition) is 3. The second kappa shape index (κ2) is 5.46. The number of hydrogen-bond donors (Lipinski definition) is 1. The predicted molar refractivity (Wildman–Crippen MR) is 56.9 cm³/mol. The molecule has 1 amide bonds. The van der Waals surface area contributed by atoms with Crippen LogP contribution in [0.25, 0.3) is 0 Å². The highest BCUT2D eigenvalue weighted by Gasteiger charge is 2.16. The highest BCUT2D eigenvalue weighted by Crippen LogP contribution is 2.19. The van der Waals surface area contributed by atoms with Crippen molar-refractivity contribution in [2.45, 2.75) is 0 Å². The number of phenols is 1. The molecule has 0 fully saturated rings. The minimum atomic E-state index is -0.554. The fourth-order valence-corrected chi connectivity index (χ4v) is 1.21. The molecule has 0 aliphatic rings. The number of rotatable bonds is 4. The second-order valence-corrected chi connectivity index (χ2v) is 3.38. The van der Waals surface area contributed by atoms with Crippen LogP contribution in [0.3, 0.4) is 0 Å². The molecule has 0 heterocycles. The van der Waals surface area contributed by atoms with Gasteiger partial charge in [0.05, 0.1) is 12.2 Å². The Morgan fingerprint density at radius 2 is 2.25 bits per heavy atom. The molecule has 0 bridgehead atoms.